The van der Waals surface area contributed by atoms with Gasteiger partial charge in [-0.15, -0.1) is 11.3 Å². The van der Waals surface area contributed by atoms with Crippen molar-refractivity contribution in [1.29, 1.82) is 0 Å². The Hall–Kier alpha value is -3.56. The molecule has 0 radical (unpaired) electrons. The number of nitrogens with one attached hydrogen (secondary N) is 1. The van der Waals surface area contributed by atoms with Crippen LogP contribution in [0.3, 0.4) is 0 Å². The van der Waals surface area contributed by atoms with E-state index in [2.05, 4.69) is 10.3 Å². The summed E-state index contributed by atoms with van der Waals surface area (Å²) in [6.07, 6.45) is 5.26. The van der Waals surface area contributed by atoms with Gasteiger partial charge in [-0.2, -0.15) is 0 Å². The van der Waals surface area contributed by atoms with E-state index in [9.17, 15) is 19.5 Å². The number of hydrogen-bond donors (Lipinski definition) is 2. The Balaban J connectivity index is 1.49. The van der Waals surface area contributed by atoms with Crippen molar-refractivity contribution in [3.8, 4) is 0 Å². The van der Waals surface area contributed by atoms with Crippen molar-refractivity contribution in [3.63, 3.8) is 0 Å². The van der Waals surface area contributed by atoms with Gasteiger partial charge in [0.25, 0.3) is 5.56 Å². The lowest BCUT2D eigenvalue weighted by atomic mass is 9.88. The van der Waals surface area contributed by atoms with Crippen molar-refractivity contribution in [3.05, 3.63) is 81.2 Å². The van der Waals surface area contributed by atoms with Crippen molar-refractivity contribution in [2.45, 2.75) is 25.6 Å². The van der Waals surface area contributed by atoms with Crippen LogP contribution in [0.2, 0.25) is 0 Å². The fraction of sp³-hybridized carbons (Fsp3) is 0.280. The number of benzene rings is 1. The Morgan fingerprint density at radius 3 is 2.68 bits per heavy atom. The first-order valence-electron chi connectivity index (χ1n) is 11.1. The van der Waals surface area contributed by atoms with Gasteiger partial charge in [0, 0.05) is 54.7 Å². The molecule has 0 bridgehead atoms. The Bertz CT molecular complexity index is 1300. The summed E-state index contributed by atoms with van der Waals surface area (Å²) < 4.78 is 1.67. The Morgan fingerprint density at radius 1 is 1.21 bits per heavy atom. The zero-order chi connectivity index (χ0) is 23.8. The number of likely N-dealkylation sites (tertiary alicyclic amines) is 1. The average molecular weight is 477 g/mol. The second-order valence-electron chi connectivity index (χ2n) is 8.53. The highest BCUT2D eigenvalue weighted by Crippen LogP contribution is 2.49. The van der Waals surface area contributed by atoms with E-state index in [-0.39, 0.29) is 29.9 Å². The molecular weight excluding hydrogens is 452 g/mol. The summed E-state index contributed by atoms with van der Waals surface area (Å²) >= 11 is 1.28. The predicted octanol–water partition coefficient (Wildman–Crippen LogP) is 2.62. The molecule has 1 aromatic carbocycles. The van der Waals surface area contributed by atoms with Crippen molar-refractivity contribution < 1.29 is 14.7 Å². The number of carbonyl (C=O) groups is 2. The number of nitrogens with zero attached hydrogens (tertiary/aromatic N) is 3. The van der Waals surface area contributed by atoms with E-state index in [1.165, 1.54) is 23.2 Å². The number of amides is 2. The SMILES string of the molecule is CC(=O)N1[C@@H]2c3ccc(/C=C/c4ccccc4)c(=O)n3C[C@@H]2[C@@H](CO)[C@@H]1C(=O)Nc1nccs1. The molecule has 2 N–H and O–H groups in total. The van der Waals surface area contributed by atoms with Crippen LogP contribution in [0.25, 0.3) is 12.2 Å². The summed E-state index contributed by atoms with van der Waals surface area (Å²) in [7, 11) is 0. The number of fused-ring (bicyclic) bond motifs is 3. The molecule has 9 heteroatoms. The molecule has 2 aliphatic heterocycles. The fourth-order valence-electron chi connectivity index (χ4n) is 5.21. The zero-order valence-electron chi connectivity index (χ0n) is 18.5. The van der Waals surface area contributed by atoms with E-state index in [0.29, 0.717) is 22.9 Å². The van der Waals surface area contributed by atoms with Crippen molar-refractivity contribution >= 4 is 40.4 Å². The number of aromatic nitrogens is 2. The van der Waals surface area contributed by atoms with E-state index >= 15 is 0 Å². The minimum Gasteiger partial charge on any atom is -0.396 e. The standard InChI is InChI=1S/C25H24N4O4S/c1-15(31)29-21-18(19(14-30)22(29)23(32)27-25-26-11-12-34-25)13-28-20(21)10-9-17(24(28)33)8-7-16-5-3-2-4-6-16/h2-12,18-19,21-22,30H,13-14H2,1H3,(H,26,27,32)/b8-7+/t18-,19-,21+,22-/m1/s1. The lowest BCUT2D eigenvalue weighted by Gasteiger charge is -2.29. The van der Waals surface area contributed by atoms with Crippen molar-refractivity contribution in [2.24, 2.45) is 11.8 Å². The van der Waals surface area contributed by atoms with Gasteiger partial charge in [-0.05, 0) is 23.8 Å². The molecule has 34 heavy (non-hydrogen) atoms. The Labute approximate surface area is 200 Å². The monoisotopic (exact) mass is 476 g/mol. The largest absolute Gasteiger partial charge is 0.396 e. The van der Waals surface area contributed by atoms with Gasteiger partial charge in [-0.3, -0.25) is 14.4 Å². The zero-order valence-corrected chi connectivity index (χ0v) is 19.3. The Kier molecular flexibility index (Phi) is 5.89. The van der Waals surface area contributed by atoms with Gasteiger partial charge < -0.3 is 19.9 Å². The van der Waals surface area contributed by atoms with Gasteiger partial charge in [-0.25, -0.2) is 4.98 Å². The summed E-state index contributed by atoms with van der Waals surface area (Å²) in [5, 5.41) is 15.2. The van der Waals surface area contributed by atoms with Gasteiger partial charge in [0.05, 0.1) is 6.04 Å². The first kappa shape index (κ1) is 22.2. The van der Waals surface area contributed by atoms with Gasteiger partial charge >= 0.3 is 0 Å². The summed E-state index contributed by atoms with van der Waals surface area (Å²) in [5.41, 5.74) is 2.06. The summed E-state index contributed by atoms with van der Waals surface area (Å²) in [6.45, 7) is 1.48. The molecule has 1 fully saturated rings. The van der Waals surface area contributed by atoms with Crippen molar-refractivity contribution in [2.75, 3.05) is 11.9 Å². The molecule has 0 aliphatic carbocycles. The number of aliphatic hydroxyl groups excluding tert-OH is 1. The van der Waals surface area contributed by atoms with Crippen LogP contribution in [0.15, 0.2) is 58.8 Å². The van der Waals surface area contributed by atoms with Crippen LogP contribution in [-0.4, -0.2) is 44.0 Å². The normalized spacial score (nSPS) is 23.2. The summed E-state index contributed by atoms with van der Waals surface area (Å²) in [5.74, 6) is -1.41. The lowest BCUT2D eigenvalue weighted by Crippen LogP contribution is -2.47. The van der Waals surface area contributed by atoms with Crippen LogP contribution in [0.1, 0.15) is 29.8 Å². The van der Waals surface area contributed by atoms with E-state index in [1.807, 2.05) is 42.5 Å². The second-order valence-corrected chi connectivity index (χ2v) is 9.42. The molecule has 0 spiro atoms. The number of hydrogen-bond acceptors (Lipinski definition) is 6. The van der Waals surface area contributed by atoms with Crippen molar-refractivity contribution in [1.82, 2.24) is 14.5 Å². The summed E-state index contributed by atoms with van der Waals surface area (Å²) in [4.78, 5) is 44.8. The number of aliphatic hydroxyl groups is 1. The smallest absolute Gasteiger partial charge is 0.258 e. The first-order chi connectivity index (χ1) is 16.5. The molecule has 2 aliphatic rings. The number of carbonyl (C=O) groups excluding carboxylic acids is 2. The molecule has 174 valence electrons. The second kappa shape index (κ2) is 9.00. The minimum atomic E-state index is -0.845. The molecule has 0 saturated carbocycles. The highest BCUT2D eigenvalue weighted by atomic mass is 32.1. The van der Waals surface area contributed by atoms with E-state index in [1.54, 1.807) is 28.3 Å². The molecule has 8 nitrogen and oxygen atoms in total. The summed E-state index contributed by atoms with van der Waals surface area (Å²) in [6, 6.07) is 12.0. The number of thiazole rings is 1. The number of anilines is 1. The molecule has 0 unspecified atom stereocenters. The third-order valence-corrected chi connectivity index (χ3v) is 7.34. The quantitative estimate of drug-likeness (QED) is 0.589. The third kappa shape index (κ3) is 3.76. The maximum absolute atomic E-state index is 13.3. The predicted molar refractivity (Wildman–Crippen MR) is 130 cm³/mol. The molecule has 2 aromatic heterocycles. The molecular formula is C25H24N4O4S. The van der Waals surface area contributed by atoms with E-state index < -0.39 is 18.0 Å². The molecule has 1 saturated heterocycles. The Morgan fingerprint density at radius 2 is 2.00 bits per heavy atom. The average Bonchev–Trinajstić information content (AvgIpc) is 3.54. The lowest BCUT2D eigenvalue weighted by molar-refractivity contribution is -0.138. The molecule has 5 rings (SSSR count). The minimum absolute atomic E-state index is 0.150. The van der Waals surface area contributed by atoms with E-state index in [4.69, 9.17) is 0 Å². The molecule has 4 atom stereocenters. The molecule has 4 heterocycles. The van der Waals surface area contributed by atoms with Gasteiger partial charge in [-0.1, -0.05) is 36.4 Å². The number of rotatable bonds is 5. The highest BCUT2D eigenvalue weighted by Gasteiger charge is 2.56. The fourth-order valence-corrected chi connectivity index (χ4v) is 5.74. The maximum atomic E-state index is 13.3. The van der Waals surface area contributed by atoms with Crippen LogP contribution in [0.4, 0.5) is 5.13 Å². The van der Waals surface area contributed by atoms with Crippen LogP contribution < -0.4 is 10.9 Å². The van der Waals surface area contributed by atoms with Gasteiger partial charge in [0.2, 0.25) is 11.8 Å². The molecule has 2 amide bonds. The van der Waals surface area contributed by atoms with Gasteiger partial charge in [0.1, 0.15) is 6.04 Å². The van der Waals surface area contributed by atoms with Crippen LogP contribution in [0.5, 0.6) is 0 Å². The molecule has 3 aromatic rings. The maximum Gasteiger partial charge on any atom is 0.258 e. The van der Waals surface area contributed by atoms with Gasteiger partial charge in [0.15, 0.2) is 5.13 Å². The topological polar surface area (TPSA) is 105 Å². The number of pyridine rings is 1. The van der Waals surface area contributed by atoms with E-state index in [0.717, 1.165) is 5.56 Å². The third-order valence-electron chi connectivity index (χ3n) is 6.65. The van der Waals surface area contributed by atoms with Crippen LogP contribution in [0, 0.1) is 11.8 Å². The van der Waals surface area contributed by atoms with Crippen LogP contribution >= 0.6 is 11.3 Å². The first-order valence-corrected chi connectivity index (χ1v) is 11.9. The van der Waals surface area contributed by atoms with Crippen LogP contribution in [-0.2, 0) is 16.1 Å². The highest BCUT2D eigenvalue weighted by molar-refractivity contribution is 7.13.